The molecule has 0 saturated carbocycles. The largest absolute Gasteiger partial charge is 0.291 e. The molecule has 0 spiro atoms. The van der Waals surface area contributed by atoms with E-state index in [1.807, 2.05) is 0 Å². The monoisotopic (exact) mass is 252 g/mol. The molecule has 1 aliphatic rings. The lowest BCUT2D eigenvalue weighted by atomic mass is 10.3. The average molecular weight is 254 g/mol. The van der Waals surface area contributed by atoms with E-state index >= 15 is 0 Å². The number of ketones is 1. The van der Waals surface area contributed by atoms with E-state index in [9.17, 15) is 4.79 Å². The van der Waals surface area contributed by atoms with Crippen LogP contribution in [0.2, 0.25) is 0 Å². The van der Waals surface area contributed by atoms with Gasteiger partial charge in [-0.05, 0) is 0 Å². The molecule has 1 rings (SSSR count). The molecule has 11 heavy (non-hydrogen) atoms. The topological polar surface area (TPSA) is 17.1 Å². The van der Waals surface area contributed by atoms with E-state index in [4.69, 9.17) is 58.0 Å². The molecule has 0 N–H and O–H groups in total. The lowest BCUT2D eigenvalue weighted by Gasteiger charge is -2.14. The van der Waals surface area contributed by atoms with E-state index < -0.39 is 15.5 Å². The Kier molecular flexibility index (Phi) is 2.68. The number of alkyl halides is 3. The third-order valence-corrected chi connectivity index (χ3v) is 3.97. The normalized spacial score (nSPS) is 29.9. The maximum atomic E-state index is 11.0. The average Bonchev–Trinajstić information content (AvgIpc) is 2.06. The van der Waals surface area contributed by atoms with Gasteiger partial charge in [0.05, 0.1) is 5.03 Å². The molecule has 1 atom stereocenters. The van der Waals surface area contributed by atoms with Crippen LogP contribution < -0.4 is 0 Å². The van der Waals surface area contributed by atoms with Gasteiger partial charge in [0.2, 0.25) is 0 Å². The molecule has 0 radical (unpaired) electrons. The lowest BCUT2D eigenvalue weighted by molar-refractivity contribution is -0.114. The van der Waals surface area contributed by atoms with Gasteiger partial charge in [0.1, 0.15) is 10.4 Å². The second-order valence-electron chi connectivity index (χ2n) is 1.98. The predicted molar refractivity (Wildman–Crippen MR) is 47.8 cm³/mol. The highest BCUT2D eigenvalue weighted by Crippen LogP contribution is 2.48. The Morgan fingerprint density at radius 1 is 1.27 bits per heavy atom. The Morgan fingerprint density at radius 3 is 1.82 bits per heavy atom. The molecule has 1 aliphatic carbocycles. The van der Waals surface area contributed by atoms with Crippen molar-refractivity contribution < 1.29 is 4.79 Å². The van der Waals surface area contributed by atoms with Crippen LogP contribution in [0.3, 0.4) is 0 Å². The lowest BCUT2D eigenvalue weighted by Crippen LogP contribution is -2.26. The summed E-state index contributed by atoms with van der Waals surface area (Å²) in [5, 5.41) is -1.38. The molecule has 0 saturated heterocycles. The molecule has 0 amide bonds. The zero-order valence-electron chi connectivity index (χ0n) is 4.88. The van der Waals surface area contributed by atoms with E-state index in [2.05, 4.69) is 0 Å². The first kappa shape index (κ1) is 9.94. The fourth-order valence-electron chi connectivity index (χ4n) is 0.642. The summed E-state index contributed by atoms with van der Waals surface area (Å²) in [7, 11) is 0. The molecule has 62 valence electrons. The van der Waals surface area contributed by atoms with Crippen LogP contribution in [0.25, 0.3) is 0 Å². The molecule has 6 heteroatoms. The first-order valence-corrected chi connectivity index (χ1v) is 4.45. The summed E-state index contributed by atoms with van der Waals surface area (Å²) in [4.78, 5) is 11.0. The number of hydrogen-bond donors (Lipinski definition) is 0. The fraction of sp³-hybridized carbons (Fsp3) is 0.400. The number of carbonyl (C=O) groups excluding carboxylic acids is 1. The Morgan fingerprint density at radius 2 is 1.73 bits per heavy atom. The molecule has 0 aliphatic heterocycles. The van der Waals surface area contributed by atoms with Crippen LogP contribution in [0.1, 0.15) is 0 Å². The molecular formula is C5HCl5O. The Labute approximate surface area is 88.2 Å². The Bertz CT molecular complexity index is 243. The summed E-state index contributed by atoms with van der Waals surface area (Å²) in [6.45, 7) is 0. The van der Waals surface area contributed by atoms with Gasteiger partial charge in [-0.25, -0.2) is 0 Å². The highest BCUT2D eigenvalue weighted by Gasteiger charge is 2.50. The van der Waals surface area contributed by atoms with E-state index in [1.165, 1.54) is 0 Å². The minimum absolute atomic E-state index is 0.104. The van der Waals surface area contributed by atoms with Crippen molar-refractivity contribution >= 4 is 63.8 Å². The minimum Gasteiger partial charge on any atom is -0.291 e. The van der Waals surface area contributed by atoms with Crippen molar-refractivity contribution in [3.05, 3.63) is 10.1 Å². The summed E-state index contributed by atoms with van der Waals surface area (Å²) >= 11 is 27.7. The number of hydrogen-bond acceptors (Lipinski definition) is 1. The van der Waals surface area contributed by atoms with Gasteiger partial charge in [0.15, 0.2) is 10.1 Å². The maximum Gasteiger partial charge on any atom is 0.196 e. The standard InChI is InChI=1S/C5HCl5O/c6-1-2(11)4(8)5(9,10)3(1)7/h4H/t4-/m0/s1. The SMILES string of the molecule is O=C1C(Cl)=C(Cl)C(Cl)(Cl)[C@H]1Cl. The van der Waals surface area contributed by atoms with Gasteiger partial charge in [0.25, 0.3) is 0 Å². The van der Waals surface area contributed by atoms with E-state index in [0.717, 1.165) is 0 Å². The first-order chi connectivity index (χ1) is 4.89. The van der Waals surface area contributed by atoms with Crippen molar-refractivity contribution in [2.24, 2.45) is 0 Å². The molecule has 0 aromatic heterocycles. The van der Waals surface area contributed by atoms with Crippen LogP contribution in [0.15, 0.2) is 10.1 Å². The summed E-state index contributed by atoms with van der Waals surface area (Å²) in [6.07, 6.45) is 0. The molecule has 0 aromatic rings. The van der Waals surface area contributed by atoms with E-state index in [1.54, 1.807) is 0 Å². The zero-order chi connectivity index (χ0) is 8.81. The van der Waals surface area contributed by atoms with Crippen LogP contribution in [0.5, 0.6) is 0 Å². The van der Waals surface area contributed by atoms with Crippen molar-refractivity contribution in [1.82, 2.24) is 0 Å². The molecular weight excluding hydrogens is 253 g/mol. The highest BCUT2D eigenvalue weighted by atomic mass is 35.5. The molecule has 0 fully saturated rings. The van der Waals surface area contributed by atoms with Gasteiger partial charge in [-0.15, -0.1) is 11.6 Å². The smallest absolute Gasteiger partial charge is 0.196 e. The predicted octanol–water partition coefficient (Wildman–Crippen LogP) is 3.04. The summed E-state index contributed by atoms with van der Waals surface area (Å²) in [6, 6.07) is 0. The van der Waals surface area contributed by atoms with Crippen LogP contribution >= 0.6 is 58.0 Å². The van der Waals surface area contributed by atoms with Crippen molar-refractivity contribution in [2.75, 3.05) is 0 Å². The van der Waals surface area contributed by atoms with Crippen LogP contribution in [-0.2, 0) is 4.79 Å². The summed E-state index contributed by atoms with van der Waals surface area (Å²) in [5.41, 5.74) is 0. The van der Waals surface area contributed by atoms with Gasteiger partial charge >= 0.3 is 0 Å². The summed E-state index contributed by atoms with van der Waals surface area (Å²) in [5.74, 6) is -0.539. The first-order valence-electron chi connectivity index (χ1n) is 2.51. The molecule has 1 nitrogen and oxygen atoms in total. The number of rotatable bonds is 0. The van der Waals surface area contributed by atoms with Gasteiger partial charge in [-0.1, -0.05) is 46.4 Å². The Balaban J connectivity index is 3.16. The quantitative estimate of drug-likeness (QED) is 0.607. The van der Waals surface area contributed by atoms with Crippen molar-refractivity contribution in [3.63, 3.8) is 0 Å². The third kappa shape index (κ3) is 1.38. The van der Waals surface area contributed by atoms with Crippen LogP contribution in [0, 0.1) is 0 Å². The molecule has 0 aromatic carbocycles. The Hall–Kier alpha value is 0.860. The second-order valence-corrected chi connectivity index (χ2v) is 4.56. The number of carbonyl (C=O) groups is 1. The number of allylic oxidation sites excluding steroid dienone is 2. The number of halogens is 5. The van der Waals surface area contributed by atoms with Gasteiger partial charge in [-0.2, -0.15) is 0 Å². The van der Waals surface area contributed by atoms with Gasteiger partial charge in [-0.3, -0.25) is 4.79 Å². The molecule has 0 bridgehead atoms. The molecule has 0 unspecified atom stereocenters. The van der Waals surface area contributed by atoms with Crippen LogP contribution in [-0.4, -0.2) is 15.5 Å². The number of Topliss-reactive ketones (excluding diaryl/α,β-unsaturated/α-hetero) is 1. The zero-order valence-corrected chi connectivity index (χ0v) is 8.66. The van der Waals surface area contributed by atoms with Gasteiger partial charge in [0, 0.05) is 0 Å². The van der Waals surface area contributed by atoms with Crippen molar-refractivity contribution in [2.45, 2.75) is 9.71 Å². The van der Waals surface area contributed by atoms with Crippen molar-refractivity contribution in [3.8, 4) is 0 Å². The van der Waals surface area contributed by atoms with Crippen molar-refractivity contribution in [1.29, 1.82) is 0 Å². The third-order valence-electron chi connectivity index (χ3n) is 1.25. The van der Waals surface area contributed by atoms with Crippen LogP contribution in [0.4, 0.5) is 0 Å². The second kappa shape index (κ2) is 2.97. The van der Waals surface area contributed by atoms with E-state index in [-0.39, 0.29) is 10.1 Å². The summed E-state index contributed by atoms with van der Waals surface area (Å²) < 4.78 is -1.57. The molecule has 0 heterocycles. The van der Waals surface area contributed by atoms with E-state index in [0.29, 0.717) is 0 Å². The van der Waals surface area contributed by atoms with Gasteiger partial charge < -0.3 is 0 Å². The highest BCUT2D eigenvalue weighted by molar-refractivity contribution is 6.68. The minimum atomic E-state index is -1.57. The maximum absolute atomic E-state index is 11.0. The fourth-order valence-corrected chi connectivity index (χ4v) is 1.92.